The van der Waals surface area contributed by atoms with Gasteiger partial charge in [-0.25, -0.2) is 4.39 Å². The highest BCUT2D eigenvalue weighted by Gasteiger charge is 2.46. The first kappa shape index (κ1) is 22.7. The highest BCUT2D eigenvalue weighted by Crippen LogP contribution is 2.49. The van der Waals surface area contributed by atoms with E-state index >= 15 is 0 Å². The quantitative estimate of drug-likeness (QED) is 0.359. The number of benzene rings is 1. The Morgan fingerprint density at radius 2 is 2.00 bits per heavy atom. The van der Waals surface area contributed by atoms with Gasteiger partial charge in [-0.15, -0.1) is 24.0 Å². The van der Waals surface area contributed by atoms with E-state index in [1.807, 2.05) is 12.1 Å². The van der Waals surface area contributed by atoms with Gasteiger partial charge in [0, 0.05) is 44.7 Å². The summed E-state index contributed by atoms with van der Waals surface area (Å²) >= 11 is 0. The molecular weight excluding hydrogens is 482 g/mol. The molecule has 2 saturated heterocycles. The second-order valence-corrected chi connectivity index (χ2v) is 8.44. The van der Waals surface area contributed by atoms with Crippen molar-refractivity contribution in [3.63, 3.8) is 0 Å². The molecular formula is C22H34FIN4O. The molecule has 0 amide bonds. The molecule has 29 heavy (non-hydrogen) atoms. The van der Waals surface area contributed by atoms with Crippen LogP contribution in [0.3, 0.4) is 0 Å². The molecule has 0 spiro atoms. The summed E-state index contributed by atoms with van der Waals surface area (Å²) in [6.07, 6.45) is 3.26. The number of likely N-dealkylation sites (tertiary alicyclic amines) is 1. The molecule has 0 radical (unpaired) electrons. The van der Waals surface area contributed by atoms with E-state index in [9.17, 15) is 4.39 Å². The Morgan fingerprint density at radius 3 is 2.69 bits per heavy atom. The van der Waals surface area contributed by atoms with Crippen LogP contribution >= 0.6 is 24.0 Å². The van der Waals surface area contributed by atoms with Gasteiger partial charge in [0.05, 0.1) is 19.8 Å². The number of morpholine rings is 1. The minimum absolute atomic E-state index is 0. The number of nitrogens with one attached hydrogen (secondary N) is 1. The fourth-order valence-corrected chi connectivity index (χ4v) is 4.53. The Balaban J connectivity index is 0.00000240. The Kier molecular flexibility index (Phi) is 8.15. The van der Waals surface area contributed by atoms with Crippen LogP contribution < -0.4 is 5.32 Å². The number of rotatable bonds is 6. The van der Waals surface area contributed by atoms with Crippen LogP contribution in [0, 0.1) is 11.7 Å². The van der Waals surface area contributed by atoms with Crippen LogP contribution in [0.15, 0.2) is 29.3 Å². The van der Waals surface area contributed by atoms with Gasteiger partial charge in [-0.05, 0) is 43.7 Å². The average Bonchev–Trinajstić information content (AvgIpc) is 3.36. The summed E-state index contributed by atoms with van der Waals surface area (Å²) in [5, 5.41) is 3.46. The summed E-state index contributed by atoms with van der Waals surface area (Å²) in [5.41, 5.74) is 0.736. The molecule has 1 aliphatic carbocycles. The summed E-state index contributed by atoms with van der Waals surface area (Å²) in [7, 11) is 0. The topological polar surface area (TPSA) is 40.1 Å². The number of nitrogens with zero attached hydrogens (tertiary/aromatic N) is 3. The van der Waals surface area contributed by atoms with Gasteiger partial charge in [0.1, 0.15) is 5.82 Å². The number of hydrogen-bond acceptors (Lipinski definition) is 3. The normalized spacial score (nSPS) is 24.3. The summed E-state index contributed by atoms with van der Waals surface area (Å²) < 4.78 is 19.7. The third-order valence-electron chi connectivity index (χ3n) is 6.37. The number of halogens is 2. The molecule has 1 unspecified atom stereocenters. The fraction of sp³-hybridized carbons (Fsp3) is 0.682. The molecule has 1 N–H and O–H groups in total. The van der Waals surface area contributed by atoms with Crippen molar-refractivity contribution in [2.45, 2.75) is 31.6 Å². The van der Waals surface area contributed by atoms with Crippen molar-refractivity contribution in [2.75, 3.05) is 59.0 Å². The van der Waals surface area contributed by atoms with E-state index in [1.54, 1.807) is 12.1 Å². The van der Waals surface area contributed by atoms with Gasteiger partial charge in [0.2, 0.25) is 0 Å². The van der Waals surface area contributed by atoms with Crippen molar-refractivity contribution in [2.24, 2.45) is 10.9 Å². The highest BCUT2D eigenvalue weighted by atomic mass is 127. The van der Waals surface area contributed by atoms with E-state index in [2.05, 4.69) is 22.0 Å². The standard InChI is InChI=1S/C22H33FN4O.HI/c1-2-24-21(25-17-22(8-9-22)19-5-3-4-6-20(19)23)27-10-7-18(16-27)15-26-11-13-28-14-12-26;/h3-6,18H,2,7-17H2,1H3,(H,24,25);1H. The molecule has 5 nitrogen and oxygen atoms in total. The first-order valence-electron chi connectivity index (χ1n) is 10.8. The van der Waals surface area contributed by atoms with Gasteiger partial charge in [0.25, 0.3) is 0 Å². The van der Waals surface area contributed by atoms with Crippen LogP contribution in [0.2, 0.25) is 0 Å². The maximum Gasteiger partial charge on any atom is 0.193 e. The molecule has 2 heterocycles. The zero-order chi connectivity index (χ0) is 19.4. The number of ether oxygens (including phenoxy) is 1. The van der Waals surface area contributed by atoms with Crippen molar-refractivity contribution in [3.8, 4) is 0 Å². The Hall–Kier alpha value is -0.930. The van der Waals surface area contributed by atoms with Gasteiger partial charge in [-0.2, -0.15) is 0 Å². The van der Waals surface area contributed by atoms with E-state index in [-0.39, 0.29) is 35.2 Å². The maximum absolute atomic E-state index is 14.3. The molecule has 3 aliphatic rings. The minimum atomic E-state index is -0.0983. The second-order valence-electron chi connectivity index (χ2n) is 8.44. The SMILES string of the molecule is CCNC(=NCC1(c2ccccc2F)CC1)N1CCC(CN2CCOCC2)C1.I. The van der Waals surface area contributed by atoms with E-state index in [1.165, 1.54) is 6.42 Å². The predicted molar refractivity (Wildman–Crippen MR) is 126 cm³/mol. The molecule has 2 aliphatic heterocycles. The van der Waals surface area contributed by atoms with Gasteiger partial charge in [-0.3, -0.25) is 9.89 Å². The summed E-state index contributed by atoms with van der Waals surface area (Å²) in [4.78, 5) is 9.88. The molecule has 7 heteroatoms. The fourth-order valence-electron chi connectivity index (χ4n) is 4.53. The van der Waals surface area contributed by atoms with Gasteiger partial charge < -0.3 is 15.0 Å². The first-order valence-corrected chi connectivity index (χ1v) is 10.8. The average molecular weight is 516 g/mol. The van der Waals surface area contributed by atoms with Crippen LogP contribution in [0.4, 0.5) is 4.39 Å². The lowest BCUT2D eigenvalue weighted by Gasteiger charge is -2.29. The predicted octanol–water partition coefficient (Wildman–Crippen LogP) is 3.09. The zero-order valence-electron chi connectivity index (χ0n) is 17.4. The van der Waals surface area contributed by atoms with Crippen LogP contribution in [-0.4, -0.2) is 74.8 Å². The lowest BCUT2D eigenvalue weighted by atomic mass is 9.95. The molecule has 1 aromatic carbocycles. The van der Waals surface area contributed by atoms with Gasteiger partial charge in [-0.1, -0.05) is 18.2 Å². The first-order chi connectivity index (χ1) is 13.7. The van der Waals surface area contributed by atoms with Crippen molar-refractivity contribution in [3.05, 3.63) is 35.6 Å². The van der Waals surface area contributed by atoms with Crippen molar-refractivity contribution >= 4 is 29.9 Å². The lowest BCUT2D eigenvalue weighted by molar-refractivity contribution is 0.0315. The summed E-state index contributed by atoms with van der Waals surface area (Å²) in [6, 6.07) is 7.20. The van der Waals surface area contributed by atoms with Crippen LogP contribution in [-0.2, 0) is 10.2 Å². The van der Waals surface area contributed by atoms with Crippen LogP contribution in [0.25, 0.3) is 0 Å². The third-order valence-corrected chi connectivity index (χ3v) is 6.37. The summed E-state index contributed by atoms with van der Waals surface area (Å²) in [5.74, 6) is 1.59. The Morgan fingerprint density at radius 1 is 1.24 bits per heavy atom. The largest absolute Gasteiger partial charge is 0.379 e. The monoisotopic (exact) mass is 516 g/mol. The van der Waals surface area contributed by atoms with Crippen molar-refractivity contribution in [1.82, 2.24) is 15.1 Å². The highest BCUT2D eigenvalue weighted by molar-refractivity contribution is 14.0. The molecule has 0 bridgehead atoms. The maximum atomic E-state index is 14.3. The van der Waals surface area contributed by atoms with E-state index in [0.29, 0.717) is 12.5 Å². The second kappa shape index (κ2) is 10.4. The number of aliphatic imine (C=N–C) groups is 1. The van der Waals surface area contributed by atoms with Crippen LogP contribution in [0.5, 0.6) is 0 Å². The van der Waals surface area contributed by atoms with E-state index in [0.717, 1.165) is 76.8 Å². The molecule has 4 rings (SSSR count). The van der Waals surface area contributed by atoms with E-state index in [4.69, 9.17) is 9.73 Å². The van der Waals surface area contributed by atoms with E-state index < -0.39 is 0 Å². The molecule has 1 aromatic rings. The molecule has 0 aromatic heterocycles. The number of guanidine groups is 1. The lowest BCUT2D eigenvalue weighted by Crippen LogP contribution is -2.42. The molecule has 162 valence electrons. The number of hydrogen-bond donors (Lipinski definition) is 1. The smallest absolute Gasteiger partial charge is 0.193 e. The molecule has 3 fully saturated rings. The zero-order valence-corrected chi connectivity index (χ0v) is 19.7. The Bertz CT molecular complexity index is 691. The summed E-state index contributed by atoms with van der Waals surface area (Å²) in [6.45, 7) is 10.7. The Labute approximate surface area is 191 Å². The third kappa shape index (κ3) is 5.61. The van der Waals surface area contributed by atoms with Crippen LogP contribution in [0.1, 0.15) is 31.7 Å². The van der Waals surface area contributed by atoms with Gasteiger partial charge >= 0.3 is 0 Å². The minimum Gasteiger partial charge on any atom is -0.379 e. The molecule has 1 saturated carbocycles. The molecule has 1 atom stereocenters. The van der Waals surface area contributed by atoms with Crippen molar-refractivity contribution < 1.29 is 9.13 Å². The van der Waals surface area contributed by atoms with Crippen molar-refractivity contribution in [1.29, 1.82) is 0 Å². The van der Waals surface area contributed by atoms with Gasteiger partial charge in [0.15, 0.2) is 5.96 Å².